The summed E-state index contributed by atoms with van der Waals surface area (Å²) >= 11 is 10.9. The zero-order valence-electron chi connectivity index (χ0n) is 9.15. The molecule has 0 amide bonds. The van der Waals surface area contributed by atoms with E-state index in [1.807, 2.05) is 0 Å². The van der Waals surface area contributed by atoms with Gasteiger partial charge >= 0.3 is 0 Å². The summed E-state index contributed by atoms with van der Waals surface area (Å²) in [6, 6.07) is 0. The monoisotopic (exact) mass is 270 g/mol. The van der Waals surface area contributed by atoms with Gasteiger partial charge in [-0.3, -0.25) is 21.7 Å². The van der Waals surface area contributed by atoms with Crippen LogP contribution in [0.4, 0.5) is 0 Å². The molecular formula is C8H20Cl2N6. The molecule has 8 heteroatoms. The highest BCUT2D eigenvalue weighted by atomic mass is 35.5. The third kappa shape index (κ3) is 23.2. The summed E-state index contributed by atoms with van der Waals surface area (Å²) in [5, 5.41) is 13.1. The van der Waals surface area contributed by atoms with Crippen LogP contribution in [0.2, 0.25) is 0 Å². The van der Waals surface area contributed by atoms with Crippen LogP contribution in [0.1, 0.15) is 25.7 Å². The first-order valence-corrected chi connectivity index (χ1v) is 5.93. The van der Waals surface area contributed by atoms with Gasteiger partial charge in [0.05, 0.1) is 0 Å². The van der Waals surface area contributed by atoms with Gasteiger partial charge in [-0.15, -0.1) is 23.2 Å². The fourth-order valence-electron chi connectivity index (χ4n) is 0.677. The Hall–Kier alpha value is -0.880. The van der Waals surface area contributed by atoms with Gasteiger partial charge in [0.1, 0.15) is 0 Å². The molecule has 0 aliphatic heterocycles. The first-order valence-electron chi connectivity index (χ1n) is 4.86. The maximum Gasteiger partial charge on any atom is 0.204 e. The SMILES string of the molecule is ClCCCCCCCl.N=C(N)NNC(=N)N. The predicted molar refractivity (Wildman–Crippen MR) is 70.0 cm³/mol. The van der Waals surface area contributed by atoms with Crippen molar-refractivity contribution < 1.29 is 0 Å². The van der Waals surface area contributed by atoms with E-state index in [9.17, 15) is 0 Å². The van der Waals surface area contributed by atoms with Crippen molar-refractivity contribution in [1.29, 1.82) is 10.8 Å². The summed E-state index contributed by atoms with van der Waals surface area (Å²) in [7, 11) is 0. The lowest BCUT2D eigenvalue weighted by Crippen LogP contribution is -2.47. The maximum atomic E-state index is 6.54. The molecule has 8 N–H and O–H groups in total. The van der Waals surface area contributed by atoms with Crippen LogP contribution in [0.3, 0.4) is 0 Å². The number of nitrogens with one attached hydrogen (secondary N) is 4. The molecule has 0 aromatic heterocycles. The van der Waals surface area contributed by atoms with E-state index in [1.54, 1.807) is 0 Å². The first-order chi connectivity index (χ1) is 7.54. The fraction of sp³-hybridized carbons (Fsp3) is 0.750. The van der Waals surface area contributed by atoms with Crippen LogP contribution in [-0.2, 0) is 0 Å². The second-order valence-electron chi connectivity index (χ2n) is 2.87. The molecule has 0 radical (unpaired) electrons. The van der Waals surface area contributed by atoms with E-state index < -0.39 is 0 Å². The van der Waals surface area contributed by atoms with Crippen LogP contribution in [0.15, 0.2) is 0 Å². The average Bonchev–Trinajstić information content (AvgIpc) is 2.23. The summed E-state index contributed by atoms with van der Waals surface area (Å²) in [4.78, 5) is 0. The van der Waals surface area contributed by atoms with E-state index in [0.29, 0.717) is 0 Å². The molecular weight excluding hydrogens is 251 g/mol. The minimum atomic E-state index is -0.278. The lowest BCUT2D eigenvalue weighted by molar-refractivity contribution is 0.708. The number of unbranched alkanes of at least 4 members (excludes halogenated alkanes) is 3. The molecule has 0 aromatic carbocycles. The Morgan fingerprint density at radius 1 is 0.812 bits per heavy atom. The number of guanidine groups is 2. The van der Waals surface area contributed by atoms with E-state index in [4.69, 9.17) is 45.5 Å². The number of hydrogen-bond donors (Lipinski definition) is 6. The minimum absolute atomic E-state index is 0.278. The number of halogens is 2. The molecule has 96 valence electrons. The van der Waals surface area contributed by atoms with Gasteiger partial charge in [-0.05, 0) is 12.8 Å². The van der Waals surface area contributed by atoms with Crippen molar-refractivity contribution in [3.63, 3.8) is 0 Å². The van der Waals surface area contributed by atoms with E-state index in [-0.39, 0.29) is 11.9 Å². The molecule has 0 spiro atoms. The highest BCUT2D eigenvalue weighted by molar-refractivity contribution is 6.18. The fourth-order valence-corrected chi connectivity index (χ4v) is 1.06. The molecule has 0 unspecified atom stereocenters. The molecule has 0 bridgehead atoms. The third-order valence-electron chi connectivity index (χ3n) is 1.35. The first kappa shape index (κ1) is 17.5. The predicted octanol–water partition coefficient (Wildman–Crippen LogP) is 0.892. The van der Waals surface area contributed by atoms with Crippen LogP contribution in [0.5, 0.6) is 0 Å². The second kappa shape index (κ2) is 14.1. The van der Waals surface area contributed by atoms with E-state index in [1.165, 1.54) is 12.8 Å². The molecule has 16 heavy (non-hydrogen) atoms. The van der Waals surface area contributed by atoms with Crippen molar-refractivity contribution in [2.24, 2.45) is 11.5 Å². The van der Waals surface area contributed by atoms with Gasteiger partial charge in [-0.2, -0.15) is 0 Å². The Balaban J connectivity index is 0. The molecule has 0 saturated heterocycles. The average molecular weight is 271 g/mol. The number of rotatable bonds is 5. The lowest BCUT2D eigenvalue weighted by Gasteiger charge is -2.02. The number of nitrogens with two attached hydrogens (primary N) is 2. The van der Waals surface area contributed by atoms with E-state index in [0.717, 1.165) is 24.6 Å². The Morgan fingerprint density at radius 3 is 1.31 bits per heavy atom. The molecule has 0 rings (SSSR count). The van der Waals surface area contributed by atoms with Gasteiger partial charge in [0, 0.05) is 11.8 Å². The molecule has 0 saturated carbocycles. The van der Waals surface area contributed by atoms with Crippen molar-refractivity contribution in [1.82, 2.24) is 10.9 Å². The van der Waals surface area contributed by atoms with Crippen molar-refractivity contribution >= 4 is 35.1 Å². The van der Waals surface area contributed by atoms with Crippen LogP contribution in [0.25, 0.3) is 0 Å². The Morgan fingerprint density at radius 2 is 1.12 bits per heavy atom. The third-order valence-corrected chi connectivity index (χ3v) is 1.88. The Labute approximate surface area is 106 Å². The van der Waals surface area contributed by atoms with E-state index >= 15 is 0 Å². The van der Waals surface area contributed by atoms with Crippen molar-refractivity contribution in [3.05, 3.63) is 0 Å². The molecule has 0 heterocycles. The highest BCUT2D eigenvalue weighted by Crippen LogP contribution is 2.01. The highest BCUT2D eigenvalue weighted by Gasteiger charge is 1.85. The summed E-state index contributed by atoms with van der Waals surface area (Å²) in [6.07, 6.45) is 4.74. The second-order valence-corrected chi connectivity index (χ2v) is 3.63. The van der Waals surface area contributed by atoms with Gasteiger partial charge in [0.2, 0.25) is 11.9 Å². The number of alkyl halides is 2. The molecule has 6 nitrogen and oxygen atoms in total. The van der Waals surface area contributed by atoms with Gasteiger partial charge in [0.15, 0.2) is 0 Å². The van der Waals surface area contributed by atoms with Crippen molar-refractivity contribution in [2.45, 2.75) is 25.7 Å². The largest absolute Gasteiger partial charge is 0.369 e. The van der Waals surface area contributed by atoms with Gasteiger partial charge in [-0.25, -0.2) is 0 Å². The van der Waals surface area contributed by atoms with Gasteiger partial charge in [-0.1, -0.05) is 12.8 Å². The van der Waals surface area contributed by atoms with Crippen molar-refractivity contribution in [3.8, 4) is 0 Å². The normalized spacial score (nSPS) is 8.62. The van der Waals surface area contributed by atoms with Crippen LogP contribution in [-0.4, -0.2) is 23.7 Å². The van der Waals surface area contributed by atoms with Crippen LogP contribution < -0.4 is 22.3 Å². The quantitative estimate of drug-likeness (QED) is 0.146. The minimum Gasteiger partial charge on any atom is -0.369 e. The van der Waals surface area contributed by atoms with Crippen LogP contribution in [0, 0.1) is 10.8 Å². The topological polar surface area (TPSA) is 124 Å². The standard InChI is InChI=1S/C6H12Cl2.C2H8N6/c7-5-3-1-2-4-6-8;3-1(4)7-8-2(5)6/h1-6H2;(H4,3,4,7)(H4,5,6,8). The van der Waals surface area contributed by atoms with Crippen molar-refractivity contribution in [2.75, 3.05) is 11.8 Å². The Bertz CT molecular complexity index is 167. The zero-order chi connectivity index (χ0) is 12.8. The summed E-state index contributed by atoms with van der Waals surface area (Å²) in [5.74, 6) is 1.03. The molecule has 0 aromatic rings. The van der Waals surface area contributed by atoms with Crippen LogP contribution >= 0.6 is 23.2 Å². The molecule has 0 aliphatic rings. The molecule has 0 atom stereocenters. The number of hydrazine groups is 1. The number of hydrogen-bond acceptors (Lipinski definition) is 2. The maximum absolute atomic E-state index is 6.54. The van der Waals surface area contributed by atoms with Gasteiger partial charge < -0.3 is 11.5 Å². The van der Waals surface area contributed by atoms with E-state index in [2.05, 4.69) is 10.9 Å². The van der Waals surface area contributed by atoms with Gasteiger partial charge in [0.25, 0.3) is 0 Å². The lowest BCUT2D eigenvalue weighted by atomic mass is 10.2. The summed E-state index contributed by atoms with van der Waals surface area (Å²) in [5.41, 5.74) is 13.8. The molecule has 0 fully saturated rings. The summed E-state index contributed by atoms with van der Waals surface area (Å²) < 4.78 is 0. The zero-order valence-corrected chi connectivity index (χ0v) is 10.7. The molecule has 0 aliphatic carbocycles. The smallest absolute Gasteiger partial charge is 0.204 e. The summed E-state index contributed by atoms with van der Waals surface area (Å²) in [6.45, 7) is 0. The Kier molecular flexibility index (Phi) is 15.5.